The number of ether oxygens (including phenoxy) is 2. The van der Waals surface area contributed by atoms with Crippen molar-refractivity contribution in [2.24, 2.45) is 5.73 Å². The Hall–Kier alpha value is -2.00. The van der Waals surface area contributed by atoms with Crippen molar-refractivity contribution in [2.75, 3.05) is 13.7 Å². The summed E-state index contributed by atoms with van der Waals surface area (Å²) in [6.07, 6.45) is 0.983. The Kier molecular flexibility index (Phi) is 3.13. The molecule has 0 fully saturated rings. The standard InChI is InChI=1S/C16H17NO2/c1-18-13-5-6-14(12(9-13)10-17)15-4-2-3-11-7-8-19-16(11)15/h2-6,9H,7-8,10,17H2,1H3. The average Bonchev–Trinajstić information content (AvgIpc) is 2.95. The Bertz CT molecular complexity index is 608. The van der Waals surface area contributed by atoms with Crippen LogP contribution in [0.4, 0.5) is 0 Å². The van der Waals surface area contributed by atoms with Crippen molar-refractivity contribution in [3.63, 3.8) is 0 Å². The fourth-order valence-corrected chi connectivity index (χ4v) is 2.56. The molecule has 0 atom stereocenters. The molecule has 2 aromatic carbocycles. The minimum atomic E-state index is 0.482. The first-order valence-electron chi connectivity index (χ1n) is 6.45. The molecule has 1 heterocycles. The average molecular weight is 255 g/mol. The Morgan fingerprint density at radius 2 is 2.11 bits per heavy atom. The number of para-hydroxylation sites is 1. The number of rotatable bonds is 3. The third kappa shape index (κ3) is 2.06. The van der Waals surface area contributed by atoms with Gasteiger partial charge in [0.2, 0.25) is 0 Å². The van der Waals surface area contributed by atoms with Crippen LogP contribution >= 0.6 is 0 Å². The highest BCUT2D eigenvalue weighted by Gasteiger charge is 2.18. The Morgan fingerprint density at radius 1 is 1.21 bits per heavy atom. The van der Waals surface area contributed by atoms with Gasteiger partial charge in [-0.25, -0.2) is 0 Å². The SMILES string of the molecule is COc1ccc(-c2cccc3c2OCC3)c(CN)c1. The number of benzene rings is 2. The lowest BCUT2D eigenvalue weighted by atomic mass is 9.96. The number of fused-ring (bicyclic) bond motifs is 1. The second kappa shape index (κ2) is 4.94. The molecule has 3 rings (SSSR count). The Balaban J connectivity index is 2.14. The molecule has 1 aliphatic rings. The van der Waals surface area contributed by atoms with Crippen LogP contribution in [0.5, 0.6) is 11.5 Å². The minimum absolute atomic E-state index is 0.482. The number of methoxy groups -OCH3 is 1. The summed E-state index contributed by atoms with van der Waals surface area (Å²) in [5.74, 6) is 1.83. The number of hydrogen-bond acceptors (Lipinski definition) is 3. The molecule has 98 valence electrons. The molecule has 3 heteroatoms. The zero-order valence-electron chi connectivity index (χ0n) is 11.0. The van der Waals surface area contributed by atoms with Gasteiger partial charge in [0.1, 0.15) is 11.5 Å². The summed E-state index contributed by atoms with van der Waals surface area (Å²) in [5, 5.41) is 0. The lowest BCUT2D eigenvalue weighted by Gasteiger charge is -2.13. The van der Waals surface area contributed by atoms with E-state index >= 15 is 0 Å². The first-order valence-corrected chi connectivity index (χ1v) is 6.45. The van der Waals surface area contributed by atoms with Gasteiger partial charge < -0.3 is 15.2 Å². The van der Waals surface area contributed by atoms with E-state index in [2.05, 4.69) is 24.3 Å². The van der Waals surface area contributed by atoms with Crippen LogP contribution in [0.2, 0.25) is 0 Å². The summed E-state index contributed by atoms with van der Waals surface area (Å²) in [6.45, 7) is 1.25. The smallest absolute Gasteiger partial charge is 0.130 e. The molecule has 0 spiro atoms. The van der Waals surface area contributed by atoms with Crippen molar-refractivity contribution in [1.29, 1.82) is 0 Å². The molecule has 2 aromatic rings. The topological polar surface area (TPSA) is 44.5 Å². The first kappa shape index (κ1) is 12.1. The van der Waals surface area contributed by atoms with E-state index in [1.807, 2.05) is 12.1 Å². The fourth-order valence-electron chi connectivity index (χ4n) is 2.56. The second-order valence-electron chi connectivity index (χ2n) is 4.62. The summed E-state index contributed by atoms with van der Waals surface area (Å²) in [6, 6.07) is 12.3. The van der Waals surface area contributed by atoms with Crippen LogP contribution in [-0.4, -0.2) is 13.7 Å². The quantitative estimate of drug-likeness (QED) is 0.917. The van der Waals surface area contributed by atoms with Gasteiger partial charge in [-0.1, -0.05) is 24.3 Å². The van der Waals surface area contributed by atoms with Gasteiger partial charge in [-0.3, -0.25) is 0 Å². The molecule has 0 aliphatic carbocycles. The molecule has 19 heavy (non-hydrogen) atoms. The van der Waals surface area contributed by atoms with Crippen LogP contribution in [-0.2, 0) is 13.0 Å². The number of hydrogen-bond donors (Lipinski definition) is 1. The summed E-state index contributed by atoms with van der Waals surface area (Å²) in [4.78, 5) is 0. The van der Waals surface area contributed by atoms with Crippen molar-refractivity contribution < 1.29 is 9.47 Å². The van der Waals surface area contributed by atoms with Gasteiger partial charge in [-0.05, 0) is 28.8 Å². The lowest BCUT2D eigenvalue weighted by molar-refractivity contribution is 0.358. The van der Waals surface area contributed by atoms with E-state index < -0.39 is 0 Å². The van der Waals surface area contributed by atoms with E-state index in [1.54, 1.807) is 7.11 Å². The monoisotopic (exact) mass is 255 g/mol. The molecule has 0 saturated heterocycles. The molecule has 0 saturated carbocycles. The zero-order valence-corrected chi connectivity index (χ0v) is 11.0. The lowest BCUT2D eigenvalue weighted by Crippen LogP contribution is -2.00. The van der Waals surface area contributed by atoms with Gasteiger partial charge in [0.15, 0.2) is 0 Å². The van der Waals surface area contributed by atoms with E-state index in [9.17, 15) is 0 Å². The predicted molar refractivity (Wildman–Crippen MR) is 75.5 cm³/mol. The van der Waals surface area contributed by atoms with Crippen LogP contribution < -0.4 is 15.2 Å². The van der Waals surface area contributed by atoms with Gasteiger partial charge >= 0.3 is 0 Å². The van der Waals surface area contributed by atoms with Gasteiger partial charge in [-0.15, -0.1) is 0 Å². The molecule has 0 radical (unpaired) electrons. The summed E-state index contributed by atoms with van der Waals surface area (Å²) in [7, 11) is 1.67. The zero-order chi connectivity index (χ0) is 13.2. The molecule has 0 aromatic heterocycles. The highest BCUT2D eigenvalue weighted by Crippen LogP contribution is 2.38. The fraction of sp³-hybridized carbons (Fsp3) is 0.250. The number of nitrogens with two attached hydrogens (primary N) is 1. The van der Waals surface area contributed by atoms with Crippen molar-refractivity contribution in [3.05, 3.63) is 47.5 Å². The maximum atomic E-state index is 5.86. The molecular weight excluding hydrogens is 238 g/mol. The molecule has 3 nitrogen and oxygen atoms in total. The van der Waals surface area contributed by atoms with Crippen molar-refractivity contribution in [1.82, 2.24) is 0 Å². The highest BCUT2D eigenvalue weighted by molar-refractivity contribution is 5.76. The van der Waals surface area contributed by atoms with E-state index in [0.717, 1.165) is 41.2 Å². The summed E-state index contributed by atoms with van der Waals surface area (Å²) >= 11 is 0. The molecule has 0 bridgehead atoms. The largest absolute Gasteiger partial charge is 0.497 e. The molecule has 0 amide bonds. The van der Waals surface area contributed by atoms with Gasteiger partial charge in [-0.2, -0.15) is 0 Å². The molecule has 0 unspecified atom stereocenters. The van der Waals surface area contributed by atoms with Crippen LogP contribution in [0, 0.1) is 0 Å². The third-order valence-corrected chi connectivity index (χ3v) is 3.54. The van der Waals surface area contributed by atoms with Crippen LogP contribution in [0.1, 0.15) is 11.1 Å². The van der Waals surface area contributed by atoms with Crippen LogP contribution in [0.3, 0.4) is 0 Å². The van der Waals surface area contributed by atoms with Crippen molar-refractivity contribution in [3.8, 4) is 22.6 Å². The second-order valence-corrected chi connectivity index (χ2v) is 4.62. The van der Waals surface area contributed by atoms with Gasteiger partial charge in [0, 0.05) is 18.5 Å². The van der Waals surface area contributed by atoms with E-state index in [-0.39, 0.29) is 0 Å². The maximum absolute atomic E-state index is 5.86. The van der Waals surface area contributed by atoms with E-state index in [1.165, 1.54) is 5.56 Å². The predicted octanol–water partition coefficient (Wildman–Crippen LogP) is 2.76. The van der Waals surface area contributed by atoms with E-state index in [0.29, 0.717) is 6.54 Å². The van der Waals surface area contributed by atoms with Gasteiger partial charge in [0.05, 0.1) is 13.7 Å². The van der Waals surface area contributed by atoms with E-state index in [4.69, 9.17) is 15.2 Å². The molecular formula is C16H17NO2. The Labute approximate surface area is 113 Å². The van der Waals surface area contributed by atoms with Gasteiger partial charge in [0.25, 0.3) is 0 Å². The maximum Gasteiger partial charge on any atom is 0.130 e. The normalized spacial score (nSPS) is 12.9. The Morgan fingerprint density at radius 3 is 2.89 bits per heavy atom. The summed E-state index contributed by atoms with van der Waals surface area (Å²) < 4.78 is 11.0. The third-order valence-electron chi connectivity index (χ3n) is 3.54. The van der Waals surface area contributed by atoms with Crippen molar-refractivity contribution >= 4 is 0 Å². The van der Waals surface area contributed by atoms with Crippen molar-refractivity contribution in [2.45, 2.75) is 13.0 Å². The molecule has 1 aliphatic heterocycles. The van der Waals surface area contributed by atoms with Crippen LogP contribution in [0.25, 0.3) is 11.1 Å². The summed E-state index contributed by atoms with van der Waals surface area (Å²) in [5.41, 5.74) is 10.5. The van der Waals surface area contributed by atoms with Crippen LogP contribution in [0.15, 0.2) is 36.4 Å². The highest BCUT2D eigenvalue weighted by atomic mass is 16.5. The molecule has 2 N–H and O–H groups in total. The first-order chi connectivity index (χ1) is 9.33. The minimum Gasteiger partial charge on any atom is -0.497 e.